The molecule has 3 nitrogen and oxygen atoms in total. The lowest BCUT2D eigenvalue weighted by atomic mass is 9.62. The van der Waals surface area contributed by atoms with Crippen molar-refractivity contribution in [3.05, 3.63) is 0 Å². The minimum Gasteiger partial charge on any atom is -0.370 e. The zero-order valence-electron chi connectivity index (χ0n) is 9.35. The van der Waals surface area contributed by atoms with Crippen LogP contribution in [0, 0.1) is 10.8 Å². The molecule has 3 atom stereocenters. The number of Topliss-reactive ketones (excluding diaryl/α,β-unsaturated/α-hetero) is 1. The topological polar surface area (TPSA) is 60.2 Å². The Bertz CT molecular complexity index is 382. The summed E-state index contributed by atoms with van der Waals surface area (Å²) in [5.41, 5.74) is 4.50. The molecule has 2 rings (SSSR count). The SMILES string of the molecule is CC1(C)C(=O)[C@]2(Br)CC[C@@]1(CC(N)=O)[C@@H]2Br. The highest BCUT2D eigenvalue weighted by atomic mass is 79.9. The fourth-order valence-corrected chi connectivity index (χ4v) is 5.94. The van der Waals surface area contributed by atoms with Gasteiger partial charge in [-0.2, -0.15) is 0 Å². The molecule has 90 valence electrons. The molecule has 5 heteroatoms. The van der Waals surface area contributed by atoms with E-state index in [1.54, 1.807) is 0 Å². The molecule has 0 aromatic heterocycles. The van der Waals surface area contributed by atoms with Crippen molar-refractivity contribution in [1.29, 1.82) is 0 Å². The van der Waals surface area contributed by atoms with Crippen LogP contribution in [0.2, 0.25) is 0 Å². The third-order valence-electron chi connectivity index (χ3n) is 4.50. The molecule has 2 N–H and O–H groups in total. The third kappa shape index (κ3) is 1.19. The van der Waals surface area contributed by atoms with Gasteiger partial charge in [0.15, 0.2) is 5.78 Å². The summed E-state index contributed by atoms with van der Waals surface area (Å²) in [6.45, 7) is 3.85. The van der Waals surface area contributed by atoms with Crippen LogP contribution in [0.1, 0.15) is 33.1 Å². The molecule has 0 unspecified atom stereocenters. The van der Waals surface area contributed by atoms with E-state index in [1.807, 2.05) is 13.8 Å². The van der Waals surface area contributed by atoms with E-state index >= 15 is 0 Å². The molecule has 0 aromatic carbocycles. The fraction of sp³-hybridized carbons (Fsp3) is 0.818. The average molecular weight is 353 g/mol. The number of halogens is 2. The van der Waals surface area contributed by atoms with E-state index in [0.717, 1.165) is 12.8 Å². The minimum absolute atomic E-state index is 0.0116. The number of alkyl halides is 2. The molecule has 0 aromatic rings. The number of fused-ring (bicyclic) bond motifs is 2. The predicted molar refractivity (Wildman–Crippen MR) is 68.6 cm³/mol. The van der Waals surface area contributed by atoms with E-state index in [1.165, 1.54) is 0 Å². The zero-order chi connectivity index (χ0) is 12.4. The molecule has 16 heavy (non-hydrogen) atoms. The molecule has 0 heterocycles. The van der Waals surface area contributed by atoms with Crippen molar-refractivity contribution in [2.24, 2.45) is 16.6 Å². The average Bonchev–Trinajstić information content (AvgIpc) is 2.46. The molecule has 2 saturated carbocycles. The van der Waals surface area contributed by atoms with Crippen LogP contribution in [0.25, 0.3) is 0 Å². The molecule has 0 aliphatic heterocycles. The second-order valence-corrected chi connectivity index (χ2v) is 7.81. The molecule has 0 spiro atoms. The summed E-state index contributed by atoms with van der Waals surface area (Å²) in [4.78, 5) is 23.6. The Balaban J connectivity index is 2.52. The summed E-state index contributed by atoms with van der Waals surface area (Å²) >= 11 is 7.18. The van der Waals surface area contributed by atoms with E-state index < -0.39 is 9.74 Å². The van der Waals surface area contributed by atoms with Gasteiger partial charge in [0.25, 0.3) is 0 Å². The maximum Gasteiger partial charge on any atom is 0.218 e. The quantitative estimate of drug-likeness (QED) is 0.774. The van der Waals surface area contributed by atoms with Crippen LogP contribution in [-0.4, -0.2) is 20.8 Å². The van der Waals surface area contributed by atoms with Gasteiger partial charge in [0.05, 0.1) is 4.32 Å². The summed E-state index contributed by atoms with van der Waals surface area (Å²) in [5.74, 6) is -0.140. The van der Waals surface area contributed by atoms with E-state index in [2.05, 4.69) is 31.9 Å². The number of hydrogen-bond acceptors (Lipinski definition) is 2. The smallest absolute Gasteiger partial charge is 0.218 e. The molecular formula is C11H15Br2NO2. The van der Waals surface area contributed by atoms with Crippen LogP contribution in [0.3, 0.4) is 0 Å². The van der Waals surface area contributed by atoms with E-state index in [9.17, 15) is 9.59 Å². The maximum absolute atomic E-state index is 12.4. The first-order valence-electron chi connectivity index (χ1n) is 5.35. The highest BCUT2D eigenvalue weighted by Crippen LogP contribution is 2.70. The normalized spacial score (nSPS) is 45.0. The lowest BCUT2D eigenvalue weighted by Gasteiger charge is -2.41. The van der Waals surface area contributed by atoms with Crippen LogP contribution in [0.4, 0.5) is 0 Å². The highest BCUT2D eigenvalue weighted by molar-refractivity contribution is 9.13. The number of ketones is 1. The molecule has 2 aliphatic carbocycles. The Labute approximate surface area is 112 Å². The standard InChI is InChI=1S/C11H15Br2NO2/c1-9(2)8(16)11(13)4-3-10(9,7(11)12)5-6(14)15/h7H,3-5H2,1-2H3,(H2,14,15)/t7-,10+,11-/m0/s1. The molecule has 0 radical (unpaired) electrons. The molecule has 2 bridgehead atoms. The van der Waals surface area contributed by atoms with Crippen molar-refractivity contribution in [3.63, 3.8) is 0 Å². The van der Waals surface area contributed by atoms with Gasteiger partial charge in [-0.25, -0.2) is 0 Å². The van der Waals surface area contributed by atoms with E-state index in [4.69, 9.17) is 5.73 Å². The highest BCUT2D eigenvalue weighted by Gasteiger charge is 2.74. The van der Waals surface area contributed by atoms with Gasteiger partial charge in [-0.15, -0.1) is 0 Å². The Morgan fingerprint density at radius 1 is 1.50 bits per heavy atom. The number of carbonyl (C=O) groups excluding carboxylic acids is 2. The third-order valence-corrected chi connectivity index (χ3v) is 7.99. The summed E-state index contributed by atoms with van der Waals surface area (Å²) in [6, 6.07) is 0. The zero-order valence-corrected chi connectivity index (χ0v) is 12.5. The Hall–Kier alpha value is 0.1000. The van der Waals surface area contributed by atoms with Gasteiger partial charge in [0.1, 0.15) is 0 Å². The van der Waals surface area contributed by atoms with Crippen molar-refractivity contribution >= 4 is 43.6 Å². The monoisotopic (exact) mass is 351 g/mol. The predicted octanol–water partition coefficient (Wildman–Crippen LogP) is 2.15. The summed E-state index contributed by atoms with van der Waals surface area (Å²) in [5, 5.41) is 0. The summed E-state index contributed by atoms with van der Waals surface area (Å²) < 4.78 is -0.508. The maximum atomic E-state index is 12.4. The van der Waals surface area contributed by atoms with E-state index in [0.29, 0.717) is 0 Å². The van der Waals surface area contributed by atoms with E-state index in [-0.39, 0.29) is 28.4 Å². The van der Waals surface area contributed by atoms with Crippen LogP contribution in [0.5, 0.6) is 0 Å². The van der Waals surface area contributed by atoms with Gasteiger partial charge in [-0.1, -0.05) is 45.7 Å². The van der Waals surface area contributed by atoms with Crippen molar-refractivity contribution in [1.82, 2.24) is 0 Å². The second-order valence-electron chi connectivity index (χ2n) is 5.48. The van der Waals surface area contributed by atoms with Crippen LogP contribution in [0.15, 0.2) is 0 Å². The first-order chi connectivity index (χ1) is 7.18. The number of rotatable bonds is 2. The van der Waals surface area contributed by atoms with Crippen LogP contribution in [-0.2, 0) is 9.59 Å². The number of hydrogen-bond donors (Lipinski definition) is 1. The van der Waals surface area contributed by atoms with Gasteiger partial charge in [-0.05, 0) is 12.8 Å². The van der Waals surface area contributed by atoms with Crippen molar-refractivity contribution in [3.8, 4) is 0 Å². The number of primary amides is 1. The van der Waals surface area contributed by atoms with Gasteiger partial charge in [-0.3, -0.25) is 9.59 Å². The van der Waals surface area contributed by atoms with Crippen molar-refractivity contribution < 1.29 is 9.59 Å². The van der Waals surface area contributed by atoms with Crippen molar-refractivity contribution in [2.75, 3.05) is 0 Å². The van der Waals surface area contributed by atoms with Gasteiger partial charge in [0.2, 0.25) is 5.91 Å². The van der Waals surface area contributed by atoms with Crippen molar-refractivity contribution in [2.45, 2.75) is 42.3 Å². The first kappa shape index (κ1) is 12.6. The Kier molecular flexibility index (Phi) is 2.60. The number of nitrogens with two attached hydrogens (primary N) is 1. The van der Waals surface area contributed by atoms with Crippen LogP contribution >= 0.6 is 31.9 Å². The largest absolute Gasteiger partial charge is 0.370 e. The minimum atomic E-state index is -0.508. The van der Waals surface area contributed by atoms with Gasteiger partial charge >= 0.3 is 0 Å². The Morgan fingerprint density at radius 2 is 2.06 bits per heavy atom. The molecule has 1 amide bonds. The lowest BCUT2D eigenvalue weighted by Crippen LogP contribution is -2.44. The fourth-order valence-electron chi connectivity index (χ4n) is 3.41. The molecule has 0 saturated heterocycles. The number of amides is 1. The summed E-state index contributed by atoms with van der Waals surface area (Å²) in [7, 11) is 0. The number of carbonyl (C=O) groups is 2. The summed E-state index contributed by atoms with van der Waals surface area (Å²) in [6.07, 6.45) is 1.91. The molecule has 2 aliphatic rings. The van der Waals surface area contributed by atoms with Gasteiger partial charge in [0, 0.05) is 22.1 Å². The molecule has 2 fully saturated rings. The lowest BCUT2D eigenvalue weighted by molar-refractivity contribution is -0.133. The first-order valence-corrected chi connectivity index (χ1v) is 7.05. The van der Waals surface area contributed by atoms with Crippen LogP contribution < -0.4 is 5.73 Å². The van der Waals surface area contributed by atoms with Gasteiger partial charge < -0.3 is 5.73 Å². The Morgan fingerprint density at radius 3 is 2.44 bits per heavy atom. The molecular weight excluding hydrogens is 338 g/mol. The second kappa shape index (κ2) is 3.31.